The van der Waals surface area contributed by atoms with Gasteiger partial charge in [0.2, 0.25) is 5.95 Å². The normalized spacial score (nSPS) is 10.6. The number of halogens is 4. The molecule has 0 aliphatic heterocycles. The molecular formula is C6H5BF4KNO. The number of rotatable bonds is 2. The number of nitrogens with zero attached hydrogens (tertiary/aromatic N) is 1. The van der Waals surface area contributed by atoms with Crippen LogP contribution in [0.2, 0.25) is 0 Å². The van der Waals surface area contributed by atoms with Crippen molar-refractivity contribution in [2.24, 2.45) is 0 Å². The minimum absolute atomic E-state index is 0. The van der Waals surface area contributed by atoms with Crippen molar-refractivity contribution in [2.45, 2.75) is 0 Å². The van der Waals surface area contributed by atoms with Crippen LogP contribution in [-0.2, 0) is 0 Å². The fourth-order valence-electron chi connectivity index (χ4n) is 0.841. The van der Waals surface area contributed by atoms with Crippen LogP contribution in [0.4, 0.5) is 17.3 Å². The summed E-state index contributed by atoms with van der Waals surface area (Å²) >= 11 is 0. The third-order valence-corrected chi connectivity index (χ3v) is 1.40. The van der Waals surface area contributed by atoms with Gasteiger partial charge in [-0.3, -0.25) is 0 Å². The Morgan fingerprint density at radius 1 is 1.29 bits per heavy atom. The van der Waals surface area contributed by atoms with Gasteiger partial charge in [-0.1, -0.05) is 6.07 Å². The van der Waals surface area contributed by atoms with Crippen LogP contribution in [0.3, 0.4) is 0 Å². The zero-order valence-electron chi connectivity index (χ0n) is 7.60. The van der Waals surface area contributed by atoms with Gasteiger partial charge in [-0.2, -0.15) is 9.37 Å². The molecule has 0 unspecified atom stereocenters. The first-order valence-corrected chi connectivity index (χ1v) is 3.35. The van der Waals surface area contributed by atoms with E-state index >= 15 is 0 Å². The van der Waals surface area contributed by atoms with E-state index in [1.165, 1.54) is 0 Å². The number of aromatic nitrogens is 1. The van der Waals surface area contributed by atoms with Gasteiger partial charge in [0.05, 0.1) is 7.11 Å². The molecule has 72 valence electrons. The standard InChI is InChI=1S/C6H5BF4NO.K/c1-13-6-4(7(9,10)11)2-3-5(8)12-6;/h2-3H,1H3;/q-1;+1. The van der Waals surface area contributed by atoms with Crippen LogP contribution in [0.1, 0.15) is 0 Å². The fraction of sp³-hybridized carbons (Fsp3) is 0.167. The summed E-state index contributed by atoms with van der Waals surface area (Å²) in [7, 11) is 1.01. The SMILES string of the molecule is COc1nc(F)ccc1[B-](F)(F)F.[K+]. The molecule has 0 amide bonds. The zero-order valence-corrected chi connectivity index (χ0v) is 10.7. The maximum absolute atomic E-state index is 12.4. The van der Waals surface area contributed by atoms with Gasteiger partial charge in [0, 0.05) is 0 Å². The summed E-state index contributed by atoms with van der Waals surface area (Å²) in [4.78, 5) is 2.96. The molecule has 0 N–H and O–H groups in total. The summed E-state index contributed by atoms with van der Waals surface area (Å²) in [5.74, 6) is -1.73. The van der Waals surface area contributed by atoms with Gasteiger partial charge in [-0.15, -0.1) is 0 Å². The van der Waals surface area contributed by atoms with Crippen LogP contribution in [-0.4, -0.2) is 19.1 Å². The number of methoxy groups -OCH3 is 1. The van der Waals surface area contributed by atoms with E-state index in [1.807, 2.05) is 0 Å². The quantitative estimate of drug-likeness (QED) is 0.344. The van der Waals surface area contributed by atoms with Crippen LogP contribution in [0.5, 0.6) is 5.88 Å². The molecule has 1 aromatic rings. The average molecular weight is 233 g/mol. The summed E-state index contributed by atoms with van der Waals surface area (Å²) in [6.45, 7) is -5.21. The number of hydrogen-bond donors (Lipinski definition) is 0. The first-order valence-electron chi connectivity index (χ1n) is 3.35. The molecule has 0 spiro atoms. The van der Waals surface area contributed by atoms with Crippen molar-refractivity contribution in [3.8, 4) is 5.88 Å². The van der Waals surface area contributed by atoms with E-state index in [1.54, 1.807) is 0 Å². The van der Waals surface area contributed by atoms with E-state index in [0.29, 0.717) is 12.1 Å². The van der Waals surface area contributed by atoms with E-state index in [2.05, 4.69) is 9.72 Å². The molecular weight excluding hydrogens is 228 g/mol. The molecule has 1 rings (SSSR count). The van der Waals surface area contributed by atoms with E-state index in [4.69, 9.17) is 0 Å². The minimum atomic E-state index is -5.21. The molecule has 0 saturated heterocycles. The first-order chi connectivity index (χ1) is 5.95. The third kappa shape index (κ3) is 3.50. The van der Waals surface area contributed by atoms with E-state index in [9.17, 15) is 17.3 Å². The third-order valence-electron chi connectivity index (χ3n) is 1.40. The average Bonchev–Trinajstić information content (AvgIpc) is 2.01. The predicted octanol–water partition coefficient (Wildman–Crippen LogP) is -1.71. The Morgan fingerprint density at radius 3 is 2.29 bits per heavy atom. The maximum atomic E-state index is 12.4. The van der Waals surface area contributed by atoms with Gasteiger partial charge in [-0.25, -0.2) is 0 Å². The summed E-state index contributed by atoms with van der Waals surface area (Å²) in [5, 5.41) is 0. The molecule has 0 aliphatic rings. The van der Waals surface area contributed by atoms with Crippen molar-refractivity contribution in [2.75, 3.05) is 7.11 Å². The van der Waals surface area contributed by atoms with Crippen molar-refractivity contribution < 1.29 is 73.5 Å². The minimum Gasteiger partial charge on any atom is -0.483 e. The number of pyridine rings is 1. The van der Waals surface area contributed by atoms with Crippen LogP contribution in [0, 0.1) is 5.95 Å². The van der Waals surface area contributed by atoms with Gasteiger partial charge in [0.1, 0.15) is 0 Å². The van der Waals surface area contributed by atoms with Crippen LogP contribution < -0.4 is 61.6 Å². The zero-order chi connectivity index (χ0) is 10.1. The molecule has 0 atom stereocenters. The Morgan fingerprint density at radius 2 is 1.86 bits per heavy atom. The predicted molar refractivity (Wildman–Crippen MR) is 39.5 cm³/mol. The fourth-order valence-corrected chi connectivity index (χ4v) is 0.841. The Balaban J connectivity index is 0.00000169. The molecule has 14 heavy (non-hydrogen) atoms. The van der Waals surface area contributed by atoms with Crippen molar-refractivity contribution in [3.63, 3.8) is 0 Å². The monoisotopic (exact) mass is 233 g/mol. The molecule has 8 heteroatoms. The summed E-state index contributed by atoms with van der Waals surface area (Å²) in [5.41, 5.74) is -1.02. The second-order valence-electron chi connectivity index (χ2n) is 2.31. The number of hydrogen-bond acceptors (Lipinski definition) is 2. The van der Waals surface area contributed by atoms with Gasteiger partial charge in [0.25, 0.3) is 0 Å². The van der Waals surface area contributed by atoms with Gasteiger partial charge >= 0.3 is 58.4 Å². The maximum Gasteiger partial charge on any atom is 1.00 e. The molecule has 0 saturated carbocycles. The molecule has 0 radical (unpaired) electrons. The Labute approximate surface area is 121 Å². The molecule has 2 nitrogen and oxygen atoms in total. The smallest absolute Gasteiger partial charge is 0.483 e. The van der Waals surface area contributed by atoms with Crippen molar-refractivity contribution in [1.82, 2.24) is 4.98 Å². The molecule has 0 aliphatic carbocycles. The van der Waals surface area contributed by atoms with E-state index < -0.39 is 24.3 Å². The van der Waals surface area contributed by atoms with Gasteiger partial charge in [-0.05, 0) is 11.5 Å². The summed E-state index contributed by atoms with van der Waals surface area (Å²) < 4.78 is 53.2. The molecule has 0 fully saturated rings. The van der Waals surface area contributed by atoms with Gasteiger partial charge in [0.15, 0.2) is 5.88 Å². The second-order valence-corrected chi connectivity index (χ2v) is 2.31. The van der Waals surface area contributed by atoms with Crippen LogP contribution >= 0.6 is 0 Å². The summed E-state index contributed by atoms with van der Waals surface area (Å²) in [6.07, 6.45) is 0. The van der Waals surface area contributed by atoms with Crippen LogP contribution in [0.15, 0.2) is 12.1 Å². The van der Waals surface area contributed by atoms with Crippen molar-refractivity contribution >= 4 is 12.4 Å². The first kappa shape index (κ1) is 14.4. The molecule has 0 bridgehead atoms. The molecule has 0 aromatic carbocycles. The van der Waals surface area contributed by atoms with E-state index in [-0.39, 0.29) is 51.4 Å². The van der Waals surface area contributed by atoms with Crippen molar-refractivity contribution in [1.29, 1.82) is 0 Å². The summed E-state index contributed by atoms with van der Waals surface area (Å²) in [6, 6.07) is 1.26. The van der Waals surface area contributed by atoms with Crippen LogP contribution in [0.25, 0.3) is 0 Å². The Bertz CT molecular complexity index is 319. The Hall–Kier alpha value is 0.371. The molecule has 1 aromatic heterocycles. The topological polar surface area (TPSA) is 22.1 Å². The van der Waals surface area contributed by atoms with E-state index in [0.717, 1.165) is 7.11 Å². The molecule has 1 heterocycles. The number of ether oxygens (including phenoxy) is 1. The van der Waals surface area contributed by atoms with Gasteiger partial charge < -0.3 is 17.7 Å². The Kier molecular flexibility index (Phi) is 5.60. The second kappa shape index (κ2) is 5.45. The largest absolute Gasteiger partial charge is 1.00 e. The van der Waals surface area contributed by atoms with Crippen molar-refractivity contribution in [3.05, 3.63) is 18.1 Å².